The van der Waals surface area contributed by atoms with E-state index in [1.807, 2.05) is 30.3 Å². The Morgan fingerprint density at radius 2 is 1.59 bits per heavy atom. The standard InChI is InChI=1S/C22H18BrClN2O3/c23-17-8-11-20(29-13-12-15-4-2-1-3-5-15)19(14-17)22(28)26-25-21(27)16-6-9-18(24)10-7-16/h1-11,14H,12-13H2,(H,25,27)(H,26,28). The summed E-state index contributed by atoms with van der Waals surface area (Å²) in [6.07, 6.45) is 0.714. The summed E-state index contributed by atoms with van der Waals surface area (Å²) in [5.74, 6) is -0.498. The van der Waals surface area contributed by atoms with Crippen LogP contribution in [0.1, 0.15) is 26.3 Å². The molecule has 0 fully saturated rings. The van der Waals surface area contributed by atoms with E-state index in [1.165, 1.54) is 0 Å². The SMILES string of the molecule is O=C(NNC(=O)c1cc(Br)ccc1OCCc1ccccc1)c1ccc(Cl)cc1. The van der Waals surface area contributed by atoms with Crippen molar-refractivity contribution in [2.75, 3.05) is 6.61 Å². The number of nitrogens with one attached hydrogen (secondary N) is 2. The van der Waals surface area contributed by atoms with Crippen molar-refractivity contribution in [3.8, 4) is 5.75 Å². The molecule has 0 aliphatic carbocycles. The second kappa shape index (κ2) is 10.1. The number of hydrazine groups is 1. The van der Waals surface area contributed by atoms with Crippen molar-refractivity contribution in [3.63, 3.8) is 0 Å². The van der Waals surface area contributed by atoms with Gasteiger partial charge in [0.05, 0.1) is 12.2 Å². The Morgan fingerprint density at radius 3 is 2.31 bits per heavy atom. The highest BCUT2D eigenvalue weighted by Gasteiger charge is 2.15. The van der Waals surface area contributed by atoms with Crippen molar-refractivity contribution >= 4 is 39.3 Å². The van der Waals surface area contributed by atoms with Gasteiger partial charge in [0.1, 0.15) is 5.75 Å². The fourth-order valence-electron chi connectivity index (χ4n) is 2.58. The van der Waals surface area contributed by atoms with Crippen molar-refractivity contribution in [3.05, 3.63) is 99.0 Å². The normalized spacial score (nSPS) is 10.3. The van der Waals surface area contributed by atoms with Crippen LogP contribution in [0.15, 0.2) is 77.3 Å². The summed E-state index contributed by atoms with van der Waals surface area (Å²) in [5, 5.41) is 0.525. The highest BCUT2D eigenvalue weighted by molar-refractivity contribution is 9.10. The lowest BCUT2D eigenvalue weighted by Crippen LogP contribution is -2.41. The molecule has 29 heavy (non-hydrogen) atoms. The molecule has 0 heterocycles. The van der Waals surface area contributed by atoms with Crippen LogP contribution >= 0.6 is 27.5 Å². The van der Waals surface area contributed by atoms with Crippen LogP contribution in [-0.2, 0) is 6.42 Å². The maximum absolute atomic E-state index is 12.6. The molecule has 3 aromatic carbocycles. The third-order valence-corrected chi connectivity index (χ3v) is 4.82. The molecule has 0 saturated carbocycles. The number of rotatable bonds is 6. The van der Waals surface area contributed by atoms with Gasteiger partial charge in [-0.05, 0) is 48.0 Å². The lowest BCUT2D eigenvalue weighted by Gasteiger charge is -2.13. The molecule has 0 saturated heterocycles. The van der Waals surface area contributed by atoms with Crippen molar-refractivity contribution in [2.45, 2.75) is 6.42 Å². The number of carbonyl (C=O) groups excluding carboxylic acids is 2. The first kappa shape index (κ1) is 20.9. The molecule has 2 N–H and O–H groups in total. The van der Waals surface area contributed by atoms with Crippen LogP contribution in [0.5, 0.6) is 5.75 Å². The molecule has 0 spiro atoms. The second-order valence-electron chi connectivity index (χ2n) is 6.14. The smallest absolute Gasteiger partial charge is 0.273 e. The quantitative estimate of drug-likeness (QED) is 0.505. The van der Waals surface area contributed by atoms with Crippen LogP contribution in [0.25, 0.3) is 0 Å². The van der Waals surface area contributed by atoms with E-state index in [9.17, 15) is 9.59 Å². The van der Waals surface area contributed by atoms with Crippen molar-refractivity contribution in [2.24, 2.45) is 0 Å². The Bertz CT molecular complexity index is 995. The summed E-state index contributed by atoms with van der Waals surface area (Å²) in [6, 6.07) is 21.4. The second-order valence-corrected chi connectivity index (χ2v) is 7.49. The van der Waals surface area contributed by atoms with E-state index in [0.29, 0.717) is 34.9 Å². The first-order valence-corrected chi connectivity index (χ1v) is 10.0. The molecular weight excluding hydrogens is 456 g/mol. The lowest BCUT2D eigenvalue weighted by molar-refractivity contribution is 0.0844. The van der Waals surface area contributed by atoms with Gasteiger partial charge < -0.3 is 4.74 Å². The van der Waals surface area contributed by atoms with Crippen molar-refractivity contribution < 1.29 is 14.3 Å². The van der Waals surface area contributed by atoms with Crippen LogP contribution in [0.3, 0.4) is 0 Å². The zero-order chi connectivity index (χ0) is 20.6. The summed E-state index contributed by atoms with van der Waals surface area (Å²) < 4.78 is 6.54. The molecule has 148 valence electrons. The van der Waals surface area contributed by atoms with Gasteiger partial charge in [-0.15, -0.1) is 0 Å². The molecule has 7 heteroatoms. The average molecular weight is 474 g/mol. The van der Waals surface area contributed by atoms with Crippen LogP contribution in [0.2, 0.25) is 5.02 Å². The first-order chi connectivity index (χ1) is 14.0. The first-order valence-electron chi connectivity index (χ1n) is 8.85. The number of halogens is 2. The maximum Gasteiger partial charge on any atom is 0.273 e. The third-order valence-electron chi connectivity index (χ3n) is 4.07. The highest BCUT2D eigenvalue weighted by Crippen LogP contribution is 2.23. The lowest BCUT2D eigenvalue weighted by atomic mass is 10.1. The van der Waals surface area contributed by atoms with Gasteiger partial charge in [-0.3, -0.25) is 20.4 Å². The topological polar surface area (TPSA) is 67.4 Å². The van der Waals surface area contributed by atoms with Gasteiger partial charge in [0.2, 0.25) is 0 Å². The Kier molecular flexibility index (Phi) is 7.27. The van der Waals surface area contributed by atoms with E-state index >= 15 is 0 Å². The molecule has 3 rings (SSSR count). The Balaban J connectivity index is 1.62. The van der Waals surface area contributed by atoms with Crippen LogP contribution in [0, 0.1) is 0 Å². The maximum atomic E-state index is 12.6. The number of benzene rings is 3. The molecule has 3 aromatic rings. The fraction of sp³-hybridized carbons (Fsp3) is 0.0909. The predicted molar refractivity (Wildman–Crippen MR) is 116 cm³/mol. The molecular formula is C22H18BrClN2O3. The van der Waals surface area contributed by atoms with Gasteiger partial charge in [0.25, 0.3) is 11.8 Å². The average Bonchev–Trinajstić information content (AvgIpc) is 2.74. The Hall–Kier alpha value is -2.83. The summed E-state index contributed by atoms with van der Waals surface area (Å²) in [5.41, 5.74) is 6.64. The van der Waals surface area contributed by atoms with Crippen molar-refractivity contribution in [1.82, 2.24) is 10.9 Å². The number of ether oxygens (including phenoxy) is 1. The number of carbonyl (C=O) groups is 2. The summed E-state index contributed by atoms with van der Waals surface area (Å²) in [7, 11) is 0. The summed E-state index contributed by atoms with van der Waals surface area (Å²) in [4.78, 5) is 24.8. The molecule has 5 nitrogen and oxygen atoms in total. The molecule has 0 aromatic heterocycles. The van der Waals surface area contributed by atoms with Gasteiger partial charge >= 0.3 is 0 Å². The zero-order valence-electron chi connectivity index (χ0n) is 15.3. The summed E-state index contributed by atoms with van der Waals surface area (Å²) >= 11 is 9.17. The van der Waals surface area contributed by atoms with Crippen LogP contribution in [-0.4, -0.2) is 18.4 Å². The van der Waals surface area contributed by atoms with Gasteiger partial charge in [0.15, 0.2) is 0 Å². The molecule has 0 atom stereocenters. The fourth-order valence-corrected chi connectivity index (χ4v) is 3.07. The van der Waals surface area contributed by atoms with E-state index in [2.05, 4.69) is 26.8 Å². The van der Waals surface area contributed by atoms with E-state index in [1.54, 1.807) is 42.5 Å². The molecule has 2 amide bonds. The van der Waals surface area contributed by atoms with E-state index in [0.717, 1.165) is 10.0 Å². The highest BCUT2D eigenvalue weighted by atomic mass is 79.9. The van der Waals surface area contributed by atoms with Crippen LogP contribution in [0.4, 0.5) is 0 Å². The minimum atomic E-state index is -0.483. The van der Waals surface area contributed by atoms with Gasteiger partial charge in [-0.25, -0.2) is 0 Å². The van der Waals surface area contributed by atoms with E-state index in [4.69, 9.17) is 16.3 Å². The largest absolute Gasteiger partial charge is 0.492 e. The Morgan fingerprint density at radius 1 is 0.897 bits per heavy atom. The number of hydrogen-bond acceptors (Lipinski definition) is 3. The molecule has 0 bridgehead atoms. The van der Waals surface area contributed by atoms with E-state index < -0.39 is 11.8 Å². The minimum absolute atomic E-state index is 0.309. The molecule has 0 unspecified atom stereocenters. The monoisotopic (exact) mass is 472 g/mol. The van der Waals surface area contributed by atoms with E-state index in [-0.39, 0.29) is 0 Å². The van der Waals surface area contributed by atoms with Gasteiger partial charge in [-0.1, -0.05) is 57.9 Å². The van der Waals surface area contributed by atoms with Crippen molar-refractivity contribution in [1.29, 1.82) is 0 Å². The zero-order valence-corrected chi connectivity index (χ0v) is 17.7. The predicted octanol–water partition coefficient (Wildman–Crippen LogP) is 4.80. The molecule has 0 aliphatic rings. The third kappa shape index (κ3) is 6.07. The van der Waals surface area contributed by atoms with Gasteiger partial charge in [-0.2, -0.15) is 0 Å². The number of hydrogen-bond donors (Lipinski definition) is 2. The van der Waals surface area contributed by atoms with Gasteiger partial charge in [0, 0.05) is 21.5 Å². The van der Waals surface area contributed by atoms with Crippen LogP contribution < -0.4 is 15.6 Å². The molecule has 0 aliphatic heterocycles. The summed E-state index contributed by atoms with van der Waals surface area (Å²) in [6.45, 7) is 0.420. The Labute approximate surface area is 182 Å². The minimum Gasteiger partial charge on any atom is -0.492 e. The molecule has 0 radical (unpaired) electrons. The number of amides is 2.